The van der Waals surface area contributed by atoms with Crippen LogP contribution in [-0.4, -0.2) is 33.2 Å². The monoisotopic (exact) mass is 399 g/mol. The molecule has 28 heavy (non-hydrogen) atoms. The lowest BCUT2D eigenvalue weighted by molar-refractivity contribution is 0.162. The number of benzene rings is 1. The molecule has 1 atom stereocenters. The van der Waals surface area contributed by atoms with Crippen LogP contribution in [-0.2, 0) is 11.3 Å². The van der Waals surface area contributed by atoms with E-state index in [1.807, 2.05) is 18.2 Å². The number of nitriles is 1. The molecule has 0 saturated heterocycles. The second kappa shape index (κ2) is 9.93. The van der Waals surface area contributed by atoms with E-state index in [-0.39, 0.29) is 6.10 Å². The molecule has 0 spiro atoms. The summed E-state index contributed by atoms with van der Waals surface area (Å²) in [6.07, 6.45) is 1.25. The third kappa shape index (κ3) is 4.53. The number of hydrogen-bond acceptors (Lipinski definition) is 7. The molecule has 0 saturated carbocycles. The van der Waals surface area contributed by atoms with Crippen molar-refractivity contribution in [2.75, 3.05) is 27.1 Å². The summed E-state index contributed by atoms with van der Waals surface area (Å²) in [6.45, 7) is 8.20. The Morgan fingerprint density at radius 2 is 2.07 bits per heavy atom. The van der Waals surface area contributed by atoms with Gasteiger partial charge in [0.25, 0.3) is 0 Å². The lowest BCUT2D eigenvalue weighted by atomic mass is 9.99. The first-order chi connectivity index (χ1) is 13.5. The van der Waals surface area contributed by atoms with Gasteiger partial charge in [-0.15, -0.1) is 11.8 Å². The predicted molar refractivity (Wildman–Crippen MR) is 113 cm³/mol. The maximum absolute atomic E-state index is 9.65. The summed E-state index contributed by atoms with van der Waals surface area (Å²) in [5, 5.41) is 13.7. The smallest absolute Gasteiger partial charge is 0.161 e. The first-order valence-corrected chi connectivity index (χ1v) is 9.54. The van der Waals surface area contributed by atoms with Gasteiger partial charge in [-0.25, -0.2) is 0 Å². The number of methoxy groups -OCH3 is 3. The van der Waals surface area contributed by atoms with Crippen molar-refractivity contribution in [3.63, 3.8) is 0 Å². The van der Waals surface area contributed by atoms with Crippen LogP contribution in [0.4, 0.5) is 0 Å². The molecule has 0 fully saturated rings. The van der Waals surface area contributed by atoms with Crippen molar-refractivity contribution in [2.24, 2.45) is 5.73 Å². The maximum Gasteiger partial charge on any atom is 0.161 e. The lowest BCUT2D eigenvalue weighted by Gasteiger charge is -2.26. The normalized spacial score (nSPS) is 14.9. The first-order valence-electron chi connectivity index (χ1n) is 8.55. The standard InChI is InChI=1S/C21H25N3O3S/c1-6-13(2)20(27-5)16-12-28-21(15(10-22)19(16)23)24-11-14-7-8-17(25-3)18(9-14)26-4/h6-9,20,24H,1-2,11-12,23H2,3-5H3. The fraction of sp³-hybridized carbons (Fsp3) is 0.286. The highest BCUT2D eigenvalue weighted by Crippen LogP contribution is 2.34. The van der Waals surface area contributed by atoms with Crippen LogP contribution in [0.25, 0.3) is 0 Å². The molecule has 1 aliphatic rings. The molecular weight excluding hydrogens is 374 g/mol. The van der Waals surface area contributed by atoms with E-state index in [9.17, 15) is 5.26 Å². The Bertz CT molecular complexity index is 868. The van der Waals surface area contributed by atoms with Gasteiger partial charge < -0.3 is 25.3 Å². The average Bonchev–Trinajstić information content (AvgIpc) is 2.73. The van der Waals surface area contributed by atoms with Crippen molar-refractivity contribution < 1.29 is 14.2 Å². The van der Waals surface area contributed by atoms with Gasteiger partial charge in [-0.3, -0.25) is 0 Å². The molecule has 7 heteroatoms. The van der Waals surface area contributed by atoms with Crippen LogP contribution in [0.5, 0.6) is 11.5 Å². The molecule has 0 radical (unpaired) electrons. The van der Waals surface area contributed by atoms with Crippen LogP contribution in [0.2, 0.25) is 0 Å². The minimum atomic E-state index is -0.388. The van der Waals surface area contributed by atoms with Gasteiger partial charge in [0.2, 0.25) is 0 Å². The quantitative estimate of drug-likeness (QED) is 0.616. The van der Waals surface area contributed by atoms with Crippen molar-refractivity contribution in [3.05, 3.63) is 70.4 Å². The highest BCUT2D eigenvalue weighted by atomic mass is 32.2. The third-order valence-corrected chi connectivity index (χ3v) is 5.47. The van der Waals surface area contributed by atoms with Gasteiger partial charge in [0.1, 0.15) is 17.7 Å². The Morgan fingerprint density at radius 3 is 2.64 bits per heavy atom. The van der Waals surface area contributed by atoms with Crippen LogP contribution in [0.15, 0.2) is 64.9 Å². The fourth-order valence-corrected chi connectivity index (χ4v) is 3.93. The second-order valence-corrected chi connectivity index (χ2v) is 6.97. The molecular formula is C21H25N3O3S. The van der Waals surface area contributed by atoms with Crippen LogP contribution < -0.4 is 20.5 Å². The number of allylic oxidation sites excluding steroid dienone is 1. The van der Waals surface area contributed by atoms with E-state index < -0.39 is 0 Å². The SMILES string of the molecule is C=CC(=C)C(OC)C1=C(N)C(C#N)=C(NCc2ccc(OC)c(OC)c2)SC1. The topological polar surface area (TPSA) is 89.5 Å². The molecule has 0 aromatic heterocycles. The van der Waals surface area contributed by atoms with Crippen molar-refractivity contribution in [2.45, 2.75) is 12.6 Å². The van der Waals surface area contributed by atoms with Crippen LogP contribution in [0.1, 0.15) is 5.56 Å². The van der Waals surface area contributed by atoms with Crippen molar-refractivity contribution >= 4 is 11.8 Å². The summed E-state index contributed by atoms with van der Waals surface area (Å²) < 4.78 is 16.1. The van der Waals surface area contributed by atoms with Crippen molar-refractivity contribution in [1.29, 1.82) is 5.26 Å². The largest absolute Gasteiger partial charge is 0.493 e. The third-order valence-electron chi connectivity index (χ3n) is 4.38. The molecule has 1 aromatic carbocycles. The Balaban J connectivity index is 2.26. The average molecular weight is 400 g/mol. The molecule has 6 nitrogen and oxygen atoms in total. The van der Waals surface area contributed by atoms with E-state index in [0.29, 0.717) is 40.6 Å². The summed E-state index contributed by atoms with van der Waals surface area (Å²) in [7, 11) is 4.78. The summed E-state index contributed by atoms with van der Waals surface area (Å²) in [5.41, 5.74) is 9.65. The highest BCUT2D eigenvalue weighted by Gasteiger charge is 2.27. The molecule has 0 amide bonds. The molecule has 1 unspecified atom stereocenters. The second-order valence-electron chi connectivity index (χ2n) is 5.98. The molecule has 1 aliphatic heterocycles. The zero-order valence-electron chi connectivity index (χ0n) is 16.4. The molecule has 148 valence electrons. The molecule has 1 aromatic rings. The Labute approximate surface area is 170 Å². The van der Waals surface area contributed by atoms with E-state index >= 15 is 0 Å². The van der Waals surface area contributed by atoms with Crippen LogP contribution >= 0.6 is 11.8 Å². The highest BCUT2D eigenvalue weighted by molar-refractivity contribution is 8.03. The van der Waals surface area contributed by atoms with E-state index in [4.69, 9.17) is 19.9 Å². The van der Waals surface area contributed by atoms with Gasteiger partial charge in [0.05, 0.1) is 24.9 Å². The van der Waals surface area contributed by atoms with E-state index in [1.54, 1.807) is 27.4 Å². The molecule has 0 bridgehead atoms. The van der Waals surface area contributed by atoms with E-state index in [1.165, 1.54) is 11.8 Å². The van der Waals surface area contributed by atoms with Gasteiger partial charge in [-0.05, 0) is 28.8 Å². The Morgan fingerprint density at radius 1 is 1.36 bits per heavy atom. The van der Waals surface area contributed by atoms with Gasteiger partial charge in [0, 0.05) is 19.4 Å². The van der Waals surface area contributed by atoms with Crippen molar-refractivity contribution in [1.82, 2.24) is 5.32 Å². The van der Waals surface area contributed by atoms with E-state index in [0.717, 1.165) is 16.2 Å². The fourth-order valence-electron chi connectivity index (χ4n) is 2.85. The van der Waals surface area contributed by atoms with Crippen LogP contribution in [0.3, 0.4) is 0 Å². The Kier molecular flexibility index (Phi) is 7.61. The molecule has 0 aliphatic carbocycles. The van der Waals surface area contributed by atoms with Gasteiger partial charge in [-0.1, -0.05) is 25.3 Å². The summed E-state index contributed by atoms with van der Waals surface area (Å²) in [5.74, 6) is 1.91. The molecule has 3 N–H and O–H groups in total. The number of ether oxygens (including phenoxy) is 3. The number of thioether (sulfide) groups is 1. The number of hydrogen-bond donors (Lipinski definition) is 2. The molecule has 1 heterocycles. The van der Waals surface area contributed by atoms with Crippen molar-refractivity contribution in [3.8, 4) is 17.6 Å². The predicted octanol–water partition coefficient (Wildman–Crippen LogP) is 3.25. The van der Waals surface area contributed by atoms with Gasteiger partial charge in [0.15, 0.2) is 11.5 Å². The Hall–Kier alpha value is -2.82. The molecule has 2 rings (SSSR count). The maximum atomic E-state index is 9.65. The lowest BCUT2D eigenvalue weighted by Crippen LogP contribution is -2.27. The number of nitrogens with zero attached hydrogens (tertiary/aromatic N) is 1. The minimum absolute atomic E-state index is 0.388. The summed E-state index contributed by atoms with van der Waals surface area (Å²) in [4.78, 5) is 0. The van der Waals surface area contributed by atoms with Gasteiger partial charge in [-0.2, -0.15) is 5.26 Å². The summed E-state index contributed by atoms with van der Waals surface area (Å²) in [6, 6.07) is 7.88. The van der Waals surface area contributed by atoms with E-state index in [2.05, 4.69) is 24.5 Å². The minimum Gasteiger partial charge on any atom is -0.493 e. The zero-order valence-corrected chi connectivity index (χ0v) is 17.2. The number of nitrogens with two attached hydrogens (primary N) is 1. The number of nitrogens with one attached hydrogen (secondary N) is 1. The van der Waals surface area contributed by atoms with Gasteiger partial charge >= 0.3 is 0 Å². The summed E-state index contributed by atoms with van der Waals surface area (Å²) >= 11 is 1.51. The van der Waals surface area contributed by atoms with Crippen LogP contribution in [0, 0.1) is 11.3 Å². The zero-order chi connectivity index (χ0) is 20.7. The number of rotatable bonds is 9. The first kappa shape index (κ1) is 21.5.